The Morgan fingerprint density at radius 3 is 2.30 bits per heavy atom. The number of alkyl halides is 3. The summed E-state index contributed by atoms with van der Waals surface area (Å²) in [6.07, 6.45) is 0.669. The Balaban J connectivity index is 0.000000877. The van der Waals surface area contributed by atoms with Crippen LogP contribution < -0.4 is 8.92 Å². The van der Waals surface area contributed by atoms with Crippen LogP contribution in [-0.2, 0) is 32.5 Å². The number of carbonyl (C=O) groups is 1. The maximum absolute atomic E-state index is 14.9. The molecule has 3 rings (SSSR count). The number of hydrogen-bond donors (Lipinski definition) is 1. The van der Waals surface area contributed by atoms with E-state index in [-0.39, 0.29) is 22.4 Å². The molecule has 0 saturated heterocycles. The molecular formula is C25H30F4O7S. The van der Waals surface area contributed by atoms with E-state index in [1.165, 1.54) is 6.07 Å². The van der Waals surface area contributed by atoms with Gasteiger partial charge in [-0.3, -0.25) is 4.79 Å². The number of halogens is 4. The van der Waals surface area contributed by atoms with Gasteiger partial charge < -0.3 is 18.8 Å². The maximum Gasteiger partial charge on any atom is 0.534 e. The van der Waals surface area contributed by atoms with Gasteiger partial charge in [-0.05, 0) is 81.8 Å². The quantitative estimate of drug-likeness (QED) is 0.238. The molecule has 0 bridgehead atoms. The van der Waals surface area contributed by atoms with Crippen LogP contribution in [0.5, 0.6) is 11.5 Å². The molecule has 7 nitrogen and oxygen atoms in total. The predicted molar refractivity (Wildman–Crippen MR) is 128 cm³/mol. The Bertz CT molecular complexity index is 1260. The Hall–Kier alpha value is -2.86. The van der Waals surface area contributed by atoms with Crippen molar-refractivity contribution in [3.63, 3.8) is 0 Å². The van der Waals surface area contributed by atoms with Gasteiger partial charge in [-0.1, -0.05) is 6.07 Å². The van der Waals surface area contributed by atoms with Gasteiger partial charge >= 0.3 is 21.6 Å². The molecule has 1 N–H and O–H groups in total. The second-order valence-electron chi connectivity index (χ2n) is 9.43. The van der Waals surface area contributed by atoms with E-state index < -0.39 is 45.2 Å². The smallest absolute Gasteiger partial charge is 0.490 e. The summed E-state index contributed by atoms with van der Waals surface area (Å²) in [7, 11) is -4.89. The molecule has 0 amide bonds. The van der Waals surface area contributed by atoms with Crippen molar-refractivity contribution in [2.24, 2.45) is 0 Å². The first kappa shape index (κ1) is 30.4. The lowest BCUT2D eigenvalue weighted by atomic mass is 9.87. The highest BCUT2D eigenvalue weighted by Gasteiger charge is 2.49. The number of ether oxygens (including phenoxy) is 2. The zero-order valence-corrected chi connectivity index (χ0v) is 22.2. The van der Waals surface area contributed by atoms with Crippen LogP contribution in [0.25, 0.3) is 11.1 Å². The molecule has 2 aromatic rings. The fraction of sp³-hybridized carbons (Fsp3) is 0.480. The van der Waals surface area contributed by atoms with Crippen molar-refractivity contribution in [1.29, 1.82) is 0 Å². The van der Waals surface area contributed by atoms with Gasteiger partial charge in [-0.2, -0.15) is 21.6 Å². The second-order valence-corrected chi connectivity index (χ2v) is 11.0. The summed E-state index contributed by atoms with van der Waals surface area (Å²) in [5.74, 6) is -2.10. The summed E-state index contributed by atoms with van der Waals surface area (Å²) < 4.78 is 91.8. The van der Waals surface area contributed by atoms with E-state index in [4.69, 9.17) is 9.84 Å². The highest BCUT2D eigenvalue weighted by molar-refractivity contribution is 7.88. The number of aryl methyl sites for hydroxylation is 1. The molecule has 0 atom stereocenters. The van der Waals surface area contributed by atoms with E-state index in [9.17, 15) is 30.8 Å². The van der Waals surface area contributed by atoms with Crippen LogP contribution in [0, 0.1) is 19.7 Å². The number of benzene rings is 2. The van der Waals surface area contributed by atoms with Gasteiger partial charge in [0, 0.05) is 11.1 Å². The number of fused-ring (bicyclic) bond motifs is 1. The highest BCUT2D eigenvalue weighted by atomic mass is 32.2. The van der Waals surface area contributed by atoms with Gasteiger partial charge in [0.15, 0.2) is 17.3 Å². The molecule has 2 aromatic carbocycles. The number of esters is 1. The minimum atomic E-state index is -6.02. The zero-order valence-electron chi connectivity index (χ0n) is 21.4. The molecule has 1 aliphatic rings. The van der Waals surface area contributed by atoms with Gasteiger partial charge in [0.1, 0.15) is 0 Å². The SMILES string of the molecule is CC(C)(C)O.COC(=O)Cc1c(C)ccc(OS(=O)(=O)C(F)(F)F)c1-c1cc(F)c2c(c1C)CCCO2. The summed E-state index contributed by atoms with van der Waals surface area (Å²) in [6.45, 7) is 8.75. The van der Waals surface area contributed by atoms with Crippen LogP contribution in [0.1, 0.15) is 49.4 Å². The molecule has 0 aliphatic carbocycles. The van der Waals surface area contributed by atoms with Crippen LogP contribution in [0.2, 0.25) is 0 Å². The fourth-order valence-corrected chi connectivity index (χ4v) is 4.09. The van der Waals surface area contributed by atoms with Crippen molar-refractivity contribution in [3.05, 3.63) is 46.3 Å². The molecule has 12 heteroatoms. The molecule has 0 radical (unpaired) electrons. The molecule has 37 heavy (non-hydrogen) atoms. The first-order valence-corrected chi connectivity index (χ1v) is 12.7. The lowest BCUT2D eigenvalue weighted by Crippen LogP contribution is -2.28. The Labute approximate surface area is 213 Å². The molecule has 0 saturated carbocycles. The fourth-order valence-electron chi connectivity index (χ4n) is 3.62. The summed E-state index contributed by atoms with van der Waals surface area (Å²) in [4.78, 5) is 12.0. The van der Waals surface area contributed by atoms with Crippen molar-refractivity contribution in [3.8, 4) is 22.6 Å². The zero-order chi connectivity index (χ0) is 28.3. The van der Waals surface area contributed by atoms with Crippen molar-refractivity contribution >= 4 is 16.1 Å². The predicted octanol–water partition coefficient (Wildman–Crippen LogP) is 5.16. The van der Waals surface area contributed by atoms with Crippen LogP contribution >= 0.6 is 0 Å². The Morgan fingerprint density at radius 2 is 1.76 bits per heavy atom. The number of rotatable bonds is 5. The topological polar surface area (TPSA) is 99.1 Å². The molecule has 0 aromatic heterocycles. The lowest BCUT2D eigenvalue weighted by molar-refractivity contribution is -0.139. The summed E-state index contributed by atoms with van der Waals surface area (Å²) >= 11 is 0. The van der Waals surface area contributed by atoms with Crippen molar-refractivity contribution in [1.82, 2.24) is 0 Å². The van der Waals surface area contributed by atoms with Crippen molar-refractivity contribution in [2.45, 2.75) is 65.0 Å². The molecule has 0 fully saturated rings. The first-order chi connectivity index (χ1) is 16.9. The number of hydrogen-bond acceptors (Lipinski definition) is 7. The van der Waals surface area contributed by atoms with Crippen molar-refractivity contribution in [2.75, 3.05) is 13.7 Å². The first-order valence-electron chi connectivity index (χ1n) is 11.2. The Morgan fingerprint density at radius 1 is 1.16 bits per heavy atom. The van der Waals surface area contributed by atoms with Gasteiger partial charge in [-0.15, -0.1) is 0 Å². The molecule has 0 unspecified atom stereocenters. The van der Waals surface area contributed by atoms with Crippen LogP contribution in [0.3, 0.4) is 0 Å². The largest absolute Gasteiger partial charge is 0.534 e. The second kappa shape index (κ2) is 11.3. The molecule has 206 valence electrons. The van der Waals surface area contributed by atoms with E-state index in [0.717, 1.165) is 19.2 Å². The lowest BCUT2D eigenvalue weighted by Gasteiger charge is -2.24. The van der Waals surface area contributed by atoms with Crippen molar-refractivity contribution < 1.29 is 49.5 Å². The van der Waals surface area contributed by atoms with E-state index in [1.54, 1.807) is 34.6 Å². The normalized spacial score (nSPS) is 13.6. The molecule has 1 aliphatic heterocycles. The molecular weight excluding hydrogens is 520 g/mol. The third-order valence-electron chi connectivity index (χ3n) is 5.25. The van der Waals surface area contributed by atoms with Crippen LogP contribution in [0.15, 0.2) is 18.2 Å². The minimum Gasteiger partial charge on any atom is -0.490 e. The third-order valence-corrected chi connectivity index (χ3v) is 6.21. The van der Waals surface area contributed by atoms with E-state index in [0.29, 0.717) is 36.1 Å². The number of carbonyl (C=O) groups excluding carboxylic acids is 1. The molecule has 1 heterocycles. The standard InChI is InChI=1S/C21H20F4O6S.C4H10O/c1-11-6-7-17(31-32(27,28)21(23,24)25)19(14(11)10-18(26)29-3)15-9-16(22)20-13(12(15)2)5-4-8-30-20;1-4(2,3)5/h6-7,9H,4-5,8,10H2,1-3H3;5H,1-3H3. The summed E-state index contributed by atoms with van der Waals surface area (Å²) in [5, 5.41) is 8.52. The number of methoxy groups -OCH3 is 1. The third kappa shape index (κ3) is 7.57. The molecule has 0 spiro atoms. The van der Waals surface area contributed by atoms with E-state index in [2.05, 4.69) is 8.92 Å². The van der Waals surface area contributed by atoms with Gasteiger partial charge in [0.2, 0.25) is 0 Å². The van der Waals surface area contributed by atoms with E-state index in [1.807, 2.05) is 0 Å². The minimum absolute atomic E-state index is 0.0463. The van der Waals surface area contributed by atoms with Crippen LogP contribution in [0.4, 0.5) is 17.6 Å². The monoisotopic (exact) mass is 550 g/mol. The Kier molecular flexibility index (Phi) is 9.24. The highest BCUT2D eigenvalue weighted by Crippen LogP contribution is 2.44. The van der Waals surface area contributed by atoms with Gasteiger partial charge in [-0.25, -0.2) is 4.39 Å². The van der Waals surface area contributed by atoms with E-state index >= 15 is 0 Å². The average molecular weight is 551 g/mol. The maximum atomic E-state index is 14.9. The number of aliphatic hydroxyl groups is 1. The van der Waals surface area contributed by atoms with Gasteiger partial charge in [0.05, 0.1) is 25.7 Å². The van der Waals surface area contributed by atoms with Gasteiger partial charge in [0.25, 0.3) is 0 Å². The summed E-state index contributed by atoms with van der Waals surface area (Å²) in [6, 6.07) is 3.40. The average Bonchev–Trinajstić information content (AvgIpc) is 2.76. The van der Waals surface area contributed by atoms with Crippen LogP contribution in [-0.4, -0.2) is 44.3 Å². The summed E-state index contributed by atoms with van der Waals surface area (Å²) in [5.41, 5.74) is -4.60.